The number of carbonyl (C=O) groups is 1. The minimum absolute atomic E-state index is 0.104. The molecule has 0 aliphatic carbocycles. The summed E-state index contributed by atoms with van der Waals surface area (Å²) < 4.78 is 45.3. The maximum Gasteiger partial charge on any atom is 0.416 e. The Balaban J connectivity index is 1.18. The third kappa shape index (κ3) is 5.61. The number of carbonyl (C=O) groups excluding carboxylic acids is 1. The Morgan fingerprint density at radius 2 is 1.85 bits per heavy atom. The number of hydrogen-bond acceptors (Lipinski definition) is 5. The van der Waals surface area contributed by atoms with Crippen LogP contribution in [0.1, 0.15) is 28.9 Å². The van der Waals surface area contributed by atoms with E-state index in [4.69, 9.17) is 4.74 Å². The molecule has 1 N–H and O–H groups in total. The maximum atomic E-state index is 12.9. The molecule has 3 heterocycles. The average Bonchev–Trinajstić information content (AvgIpc) is 3.27. The fourth-order valence-electron chi connectivity index (χ4n) is 4.14. The monoisotopic (exact) mass is 475 g/mol. The van der Waals surface area contributed by atoms with Crippen molar-refractivity contribution >= 4 is 17.1 Å². The zero-order valence-corrected chi connectivity index (χ0v) is 19.0. The maximum absolute atomic E-state index is 12.9. The fourth-order valence-corrected chi connectivity index (χ4v) is 4.14. The van der Waals surface area contributed by atoms with Gasteiger partial charge in [0, 0.05) is 38.9 Å². The van der Waals surface area contributed by atoms with E-state index in [1.165, 1.54) is 16.8 Å². The van der Waals surface area contributed by atoms with Crippen molar-refractivity contribution in [1.82, 2.24) is 19.8 Å². The molecule has 0 atom stereocenters. The lowest BCUT2D eigenvalue weighted by atomic mass is 10.2. The molecular formula is C24H28F3N5O2. The molecular weight excluding hydrogens is 447 g/mol. The first-order valence-electron chi connectivity index (χ1n) is 11.3. The number of hydrogen-bond donors (Lipinski definition) is 1. The molecule has 2 aromatic heterocycles. The summed E-state index contributed by atoms with van der Waals surface area (Å²) >= 11 is 0. The van der Waals surface area contributed by atoms with Crippen LogP contribution in [-0.2, 0) is 6.18 Å². The predicted molar refractivity (Wildman–Crippen MR) is 123 cm³/mol. The summed E-state index contributed by atoms with van der Waals surface area (Å²) in [5.41, 5.74) is 0.684. The second-order valence-electron chi connectivity index (χ2n) is 8.28. The van der Waals surface area contributed by atoms with Gasteiger partial charge in [-0.1, -0.05) is 12.1 Å². The van der Waals surface area contributed by atoms with Crippen LogP contribution >= 0.6 is 0 Å². The number of amides is 1. The van der Waals surface area contributed by atoms with Crippen LogP contribution in [0.2, 0.25) is 0 Å². The number of anilines is 1. The van der Waals surface area contributed by atoms with E-state index in [9.17, 15) is 18.0 Å². The van der Waals surface area contributed by atoms with Gasteiger partial charge in [-0.2, -0.15) is 18.3 Å². The molecule has 1 aliphatic heterocycles. The van der Waals surface area contributed by atoms with Crippen LogP contribution in [0.4, 0.5) is 18.9 Å². The SMILES string of the molecule is COc1ccccc1N1CCN(CCCCNC(=O)c2cc3cc(C(F)(F)F)ccn3n2)CC1. The van der Waals surface area contributed by atoms with E-state index in [-0.39, 0.29) is 17.1 Å². The van der Waals surface area contributed by atoms with Crippen molar-refractivity contribution in [1.29, 1.82) is 0 Å². The Kier molecular flexibility index (Phi) is 7.26. The van der Waals surface area contributed by atoms with Gasteiger partial charge in [-0.05, 0) is 49.7 Å². The molecule has 10 heteroatoms. The second-order valence-corrected chi connectivity index (χ2v) is 8.28. The van der Waals surface area contributed by atoms with E-state index in [1.807, 2.05) is 18.2 Å². The smallest absolute Gasteiger partial charge is 0.416 e. The lowest BCUT2D eigenvalue weighted by Crippen LogP contribution is -2.46. The van der Waals surface area contributed by atoms with E-state index in [0.29, 0.717) is 6.54 Å². The van der Waals surface area contributed by atoms with Gasteiger partial charge >= 0.3 is 6.18 Å². The highest BCUT2D eigenvalue weighted by Crippen LogP contribution is 2.30. The van der Waals surface area contributed by atoms with Gasteiger partial charge in [-0.3, -0.25) is 9.69 Å². The van der Waals surface area contributed by atoms with E-state index in [0.717, 1.165) is 69.1 Å². The van der Waals surface area contributed by atoms with Crippen LogP contribution in [-0.4, -0.2) is 66.8 Å². The van der Waals surface area contributed by atoms with E-state index < -0.39 is 11.7 Å². The number of halogens is 3. The molecule has 1 aliphatic rings. The van der Waals surface area contributed by atoms with Crippen molar-refractivity contribution in [2.24, 2.45) is 0 Å². The first-order chi connectivity index (χ1) is 16.3. The molecule has 1 saturated heterocycles. The number of nitrogens with one attached hydrogen (secondary N) is 1. The van der Waals surface area contributed by atoms with Crippen LogP contribution in [0.15, 0.2) is 48.7 Å². The first kappa shape index (κ1) is 23.9. The summed E-state index contributed by atoms with van der Waals surface area (Å²) in [7, 11) is 1.69. The van der Waals surface area contributed by atoms with Gasteiger partial charge < -0.3 is 15.0 Å². The topological polar surface area (TPSA) is 62.1 Å². The van der Waals surface area contributed by atoms with Crippen molar-refractivity contribution in [3.63, 3.8) is 0 Å². The number of benzene rings is 1. The van der Waals surface area contributed by atoms with Gasteiger partial charge in [0.1, 0.15) is 5.75 Å². The highest BCUT2D eigenvalue weighted by Gasteiger charge is 2.30. The quantitative estimate of drug-likeness (QED) is 0.504. The van der Waals surface area contributed by atoms with Gasteiger partial charge in [0.15, 0.2) is 5.69 Å². The Morgan fingerprint density at radius 3 is 2.59 bits per heavy atom. The molecule has 0 saturated carbocycles. The number of aromatic nitrogens is 2. The van der Waals surface area contributed by atoms with Gasteiger partial charge in [0.25, 0.3) is 5.91 Å². The summed E-state index contributed by atoms with van der Waals surface area (Å²) in [5.74, 6) is 0.501. The van der Waals surface area contributed by atoms with Crippen LogP contribution in [0.25, 0.3) is 5.52 Å². The molecule has 182 valence electrons. The summed E-state index contributed by atoms with van der Waals surface area (Å²) in [5, 5.41) is 6.87. The Bertz CT molecular complexity index is 1120. The van der Waals surface area contributed by atoms with Crippen LogP contribution in [0, 0.1) is 0 Å². The normalized spacial score (nSPS) is 15.0. The highest BCUT2D eigenvalue weighted by molar-refractivity contribution is 5.93. The molecule has 0 bridgehead atoms. The molecule has 1 fully saturated rings. The van der Waals surface area contributed by atoms with Gasteiger partial charge in [-0.15, -0.1) is 0 Å². The van der Waals surface area contributed by atoms with Crippen LogP contribution in [0.5, 0.6) is 5.75 Å². The molecule has 0 radical (unpaired) electrons. The largest absolute Gasteiger partial charge is 0.495 e. The number of para-hydroxylation sites is 2. The van der Waals surface area contributed by atoms with Gasteiger partial charge in [0.2, 0.25) is 0 Å². The fraction of sp³-hybridized carbons (Fsp3) is 0.417. The minimum atomic E-state index is -4.44. The molecule has 3 aromatic rings. The molecule has 1 aromatic carbocycles. The van der Waals surface area contributed by atoms with Crippen LogP contribution < -0.4 is 15.0 Å². The van der Waals surface area contributed by atoms with Crippen LogP contribution in [0.3, 0.4) is 0 Å². The Morgan fingerprint density at radius 1 is 1.09 bits per heavy atom. The van der Waals surface area contributed by atoms with E-state index in [2.05, 4.69) is 26.3 Å². The molecule has 0 unspecified atom stereocenters. The number of pyridine rings is 1. The minimum Gasteiger partial charge on any atom is -0.495 e. The van der Waals surface area contributed by atoms with E-state index >= 15 is 0 Å². The molecule has 34 heavy (non-hydrogen) atoms. The number of methoxy groups -OCH3 is 1. The standard InChI is InChI=1S/C24H28F3N5O2/c1-34-22-7-3-2-6-21(22)31-14-12-30(13-15-31)10-5-4-9-28-23(33)20-17-19-16-18(24(25,26)27)8-11-32(19)29-20/h2-3,6-8,11,16-17H,4-5,9-10,12-15H2,1H3,(H,28,33). The number of fused-ring (bicyclic) bond motifs is 1. The van der Waals surface area contributed by atoms with Gasteiger partial charge in [0.05, 0.1) is 23.9 Å². The highest BCUT2D eigenvalue weighted by atomic mass is 19.4. The lowest BCUT2D eigenvalue weighted by Gasteiger charge is -2.36. The number of nitrogens with zero attached hydrogens (tertiary/aromatic N) is 4. The van der Waals surface area contributed by atoms with Gasteiger partial charge in [-0.25, -0.2) is 4.52 Å². The van der Waals surface area contributed by atoms with Crippen molar-refractivity contribution < 1.29 is 22.7 Å². The second kappa shape index (κ2) is 10.3. The number of rotatable bonds is 8. The summed E-state index contributed by atoms with van der Waals surface area (Å²) in [6.07, 6.45) is -1.48. The first-order valence-corrected chi connectivity index (χ1v) is 11.3. The van der Waals surface area contributed by atoms with Crippen molar-refractivity contribution in [2.45, 2.75) is 19.0 Å². The number of piperazine rings is 1. The third-order valence-electron chi connectivity index (χ3n) is 6.01. The lowest BCUT2D eigenvalue weighted by molar-refractivity contribution is -0.137. The number of ether oxygens (including phenoxy) is 1. The zero-order chi connectivity index (χ0) is 24.1. The molecule has 4 rings (SSSR count). The van der Waals surface area contributed by atoms with Crippen molar-refractivity contribution in [3.05, 3.63) is 59.9 Å². The third-order valence-corrected chi connectivity index (χ3v) is 6.01. The Hall–Kier alpha value is -3.27. The number of alkyl halides is 3. The summed E-state index contributed by atoms with van der Waals surface area (Å²) in [6, 6.07) is 11.3. The Labute approximate surface area is 196 Å². The molecule has 1 amide bonds. The summed E-state index contributed by atoms with van der Waals surface area (Å²) in [6.45, 7) is 5.23. The number of unbranched alkanes of at least 4 members (excludes halogenated alkanes) is 1. The zero-order valence-electron chi connectivity index (χ0n) is 19.0. The average molecular weight is 476 g/mol. The predicted octanol–water partition coefficient (Wildman–Crippen LogP) is 3.69. The molecule has 0 spiro atoms. The molecule has 7 nitrogen and oxygen atoms in total. The summed E-state index contributed by atoms with van der Waals surface area (Å²) in [4.78, 5) is 17.1. The van der Waals surface area contributed by atoms with E-state index in [1.54, 1.807) is 7.11 Å². The van der Waals surface area contributed by atoms with Crippen molar-refractivity contribution in [2.75, 3.05) is 51.3 Å². The van der Waals surface area contributed by atoms with Crippen molar-refractivity contribution in [3.8, 4) is 5.75 Å².